The summed E-state index contributed by atoms with van der Waals surface area (Å²) < 4.78 is 0. The van der Waals surface area contributed by atoms with Gasteiger partial charge in [-0.05, 0) is 49.4 Å². The summed E-state index contributed by atoms with van der Waals surface area (Å²) in [6.07, 6.45) is 5.47. The molecular weight excluding hydrogens is 252 g/mol. The molecule has 0 aromatic heterocycles. The molecule has 0 aliphatic heterocycles. The average Bonchev–Trinajstić information content (AvgIpc) is 2.85. The van der Waals surface area contributed by atoms with E-state index >= 15 is 0 Å². The molecule has 0 radical (unpaired) electrons. The zero-order valence-corrected chi connectivity index (χ0v) is 12.2. The average molecular weight is 274 g/mol. The van der Waals surface area contributed by atoms with Crippen LogP contribution in [0.4, 0.5) is 11.4 Å². The number of aryl methyl sites for hydroxylation is 1. The van der Waals surface area contributed by atoms with Gasteiger partial charge in [0.2, 0.25) is 11.8 Å². The van der Waals surface area contributed by atoms with Gasteiger partial charge in [-0.1, -0.05) is 12.8 Å². The van der Waals surface area contributed by atoms with E-state index in [1.54, 1.807) is 0 Å². The van der Waals surface area contributed by atoms with Crippen molar-refractivity contribution in [2.75, 3.05) is 10.6 Å². The van der Waals surface area contributed by atoms with Gasteiger partial charge in [0, 0.05) is 24.7 Å². The molecule has 1 aliphatic carbocycles. The van der Waals surface area contributed by atoms with E-state index in [0.29, 0.717) is 12.3 Å². The molecule has 1 aliphatic rings. The number of carbonyl (C=O) groups excluding carboxylic acids is 2. The zero-order chi connectivity index (χ0) is 14.5. The highest BCUT2D eigenvalue weighted by Gasteiger charge is 2.18. The van der Waals surface area contributed by atoms with Gasteiger partial charge >= 0.3 is 0 Å². The van der Waals surface area contributed by atoms with Crippen LogP contribution in [-0.4, -0.2) is 11.8 Å². The summed E-state index contributed by atoms with van der Waals surface area (Å²) in [5.41, 5.74) is 2.52. The van der Waals surface area contributed by atoms with Crippen molar-refractivity contribution in [2.24, 2.45) is 5.92 Å². The van der Waals surface area contributed by atoms with Crippen LogP contribution in [0.3, 0.4) is 0 Å². The van der Waals surface area contributed by atoms with Crippen molar-refractivity contribution in [3.8, 4) is 0 Å². The predicted molar refractivity (Wildman–Crippen MR) is 80.7 cm³/mol. The van der Waals surface area contributed by atoms with Crippen LogP contribution in [0.25, 0.3) is 0 Å². The van der Waals surface area contributed by atoms with E-state index in [-0.39, 0.29) is 11.8 Å². The third kappa shape index (κ3) is 4.08. The second-order valence-corrected chi connectivity index (χ2v) is 5.61. The fraction of sp³-hybridized carbons (Fsp3) is 0.500. The molecule has 1 saturated carbocycles. The molecular formula is C16H22N2O2. The SMILES string of the molecule is CC(=O)Nc1ccc(NC(=O)CC2CCCC2)cc1C. The lowest BCUT2D eigenvalue weighted by molar-refractivity contribution is -0.117. The molecule has 1 fully saturated rings. The fourth-order valence-electron chi connectivity index (χ4n) is 2.76. The highest BCUT2D eigenvalue weighted by molar-refractivity contribution is 5.93. The number of amides is 2. The number of carbonyl (C=O) groups is 2. The molecule has 108 valence electrons. The van der Waals surface area contributed by atoms with Gasteiger partial charge in [-0.25, -0.2) is 0 Å². The van der Waals surface area contributed by atoms with Gasteiger partial charge in [0.05, 0.1) is 0 Å². The van der Waals surface area contributed by atoms with Crippen LogP contribution in [0.5, 0.6) is 0 Å². The summed E-state index contributed by atoms with van der Waals surface area (Å²) in [5.74, 6) is 0.546. The van der Waals surface area contributed by atoms with E-state index in [2.05, 4.69) is 10.6 Å². The number of nitrogens with one attached hydrogen (secondary N) is 2. The maximum atomic E-state index is 12.0. The molecule has 20 heavy (non-hydrogen) atoms. The summed E-state index contributed by atoms with van der Waals surface area (Å²) in [6, 6.07) is 5.53. The van der Waals surface area contributed by atoms with E-state index in [4.69, 9.17) is 0 Å². The Morgan fingerprint density at radius 1 is 1.20 bits per heavy atom. The molecule has 0 spiro atoms. The molecule has 0 unspecified atom stereocenters. The Morgan fingerprint density at radius 2 is 1.90 bits per heavy atom. The van der Waals surface area contributed by atoms with Crippen LogP contribution in [0.1, 0.15) is 44.6 Å². The number of benzene rings is 1. The normalized spacial score (nSPS) is 15.1. The Bertz CT molecular complexity index is 505. The molecule has 1 aromatic rings. The third-order valence-electron chi connectivity index (χ3n) is 3.77. The molecule has 2 N–H and O–H groups in total. The van der Waals surface area contributed by atoms with Crippen LogP contribution in [0.15, 0.2) is 18.2 Å². The minimum absolute atomic E-state index is 0.0866. The summed E-state index contributed by atoms with van der Waals surface area (Å²) in [7, 11) is 0. The van der Waals surface area contributed by atoms with Gasteiger partial charge in [-0.15, -0.1) is 0 Å². The highest BCUT2D eigenvalue weighted by atomic mass is 16.2. The van der Waals surface area contributed by atoms with E-state index < -0.39 is 0 Å². The number of rotatable bonds is 4. The van der Waals surface area contributed by atoms with Crippen LogP contribution >= 0.6 is 0 Å². The van der Waals surface area contributed by atoms with E-state index in [1.165, 1.54) is 32.6 Å². The molecule has 0 heterocycles. The molecule has 0 bridgehead atoms. The van der Waals surface area contributed by atoms with Crippen LogP contribution in [0.2, 0.25) is 0 Å². The molecule has 0 saturated heterocycles. The Hall–Kier alpha value is -1.84. The van der Waals surface area contributed by atoms with Crippen molar-refractivity contribution in [1.82, 2.24) is 0 Å². The van der Waals surface area contributed by atoms with Gasteiger partial charge in [-0.3, -0.25) is 9.59 Å². The second kappa shape index (κ2) is 6.55. The minimum atomic E-state index is -0.0916. The van der Waals surface area contributed by atoms with Crippen molar-refractivity contribution in [2.45, 2.75) is 46.0 Å². The topological polar surface area (TPSA) is 58.2 Å². The fourth-order valence-corrected chi connectivity index (χ4v) is 2.76. The largest absolute Gasteiger partial charge is 0.326 e. The van der Waals surface area contributed by atoms with Crippen molar-refractivity contribution < 1.29 is 9.59 Å². The van der Waals surface area contributed by atoms with Crippen LogP contribution in [0, 0.1) is 12.8 Å². The van der Waals surface area contributed by atoms with E-state index in [1.807, 2.05) is 25.1 Å². The first kappa shape index (κ1) is 14.6. The summed E-state index contributed by atoms with van der Waals surface area (Å²) in [4.78, 5) is 23.0. The first-order chi connectivity index (χ1) is 9.54. The van der Waals surface area contributed by atoms with Crippen molar-refractivity contribution >= 4 is 23.2 Å². The monoisotopic (exact) mass is 274 g/mol. The standard InChI is InChI=1S/C16H22N2O2/c1-11-9-14(7-8-15(11)17-12(2)19)18-16(20)10-13-5-3-4-6-13/h7-9,13H,3-6,10H2,1-2H3,(H,17,19)(H,18,20). The summed E-state index contributed by atoms with van der Waals surface area (Å²) >= 11 is 0. The molecule has 1 aromatic carbocycles. The molecule has 2 rings (SSSR count). The lowest BCUT2D eigenvalue weighted by atomic mass is 10.0. The highest BCUT2D eigenvalue weighted by Crippen LogP contribution is 2.28. The van der Waals surface area contributed by atoms with Gasteiger partial charge in [0.25, 0.3) is 0 Å². The Morgan fingerprint density at radius 3 is 2.50 bits per heavy atom. The first-order valence-electron chi connectivity index (χ1n) is 7.22. The Balaban J connectivity index is 1.93. The molecule has 4 heteroatoms. The maximum absolute atomic E-state index is 12.0. The van der Waals surface area contributed by atoms with Gasteiger partial charge < -0.3 is 10.6 Å². The lowest BCUT2D eigenvalue weighted by Crippen LogP contribution is -2.15. The number of anilines is 2. The van der Waals surface area contributed by atoms with Crippen molar-refractivity contribution in [3.63, 3.8) is 0 Å². The second-order valence-electron chi connectivity index (χ2n) is 5.61. The number of hydrogen-bond acceptors (Lipinski definition) is 2. The van der Waals surface area contributed by atoms with Gasteiger partial charge in [-0.2, -0.15) is 0 Å². The van der Waals surface area contributed by atoms with E-state index in [9.17, 15) is 9.59 Å². The molecule has 0 atom stereocenters. The minimum Gasteiger partial charge on any atom is -0.326 e. The Kier molecular flexibility index (Phi) is 4.77. The quantitative estimate of drug-likeness (QED) is 0.883. The Labute approximate surface area is 119 Å². The zero-order valence-electron chi connectivity index (χ0n) is 12.2. The predicted octanol–water partition coefficient (Wildman–Crippen LogP) is 3.47. The molecule has 2 amide bonds. The van der Waals surface area contributed by atoms with Gasteiger partial charge in [0.15, 0.2) is 0 Å². The van der Waals surface area contributed by atoms with Crippen LogP contribution in [-0.2, 0) is 9.59 Å². The molecule has 4 nitrogen and oxygen atoms in total. The maximum Gasteiger partial charge on any atom is 0.224 e. The van der Waals surface area contributed by atoms with Crippen LogP contribution < -0.4 is 10.6 Å². The van der Waals surface area contributed by atoms with Crippen molar-refractivity contribution in [1.29, 1.82) is 0 Å². The van der Waals surface area contributed by atoms with Crippen molar-refractivity contribution in [3.05, 3.63) is 23.8 Å². The van der Waals surface area contributed by atoms with E-state index in [0.717, 1.165) is 16.9 Å². The first-order valence-corrected chi connectivity index (χ1v) is 7.22. The summed E-state index contributed by atoms with van der Waals surface area (Å²) in [5, 5.41) is 5.70. The smallest absolute Gasteiger partial charge is 0.224 e. The van der Waals surface area contributed by atoms with Gasteiger partial charge in [0.1, 0.15) is 0 Å². The lowest BCUT2D eigenvalue weighted by Gasteiger charge is -2.12. The summed E-state index contributed by atoms with van der Waals surface area (Å²) in [6.45, 7) is 3.40. The number of hydrogen-bond donors (Lipinski definition) is 2. The third-order valence-corrected chi connectivity index (χ3v) is 3.77.